The molecule has 0 aromatic heterocycles. The van der Waals surface area contributed by atoms with E-state index in [4.69, 9.17) is 10.5 Å². The molecule has 0 aliphatic rings. The molecule has 2 N–H and O–H groups in total. The zero-order chi connectivity index (χ0) is 9.14. The Morgan fingerprint density at radius 1 is 1.33 bits per heavy atom. The van der Waals surface area contributed by atoms with Crippen LogP contribution in [0.15, 0.2) is 18.2 Å². The highest BCUT2D eigenvalue weighted by Crippen LogP contribution is 2.15. The van der Waals surface area contributed by atoms with Crippen molar-refractivity contribution in [3.05, 3.63) is 29.3 Å². The third kappa shape index (κ3) is 2.20. The second kappa shape index (κ2) is 3.54. The van der Waals surface area contributed by atoms with Gasteiger partial charge < -0.3 is 10.5 Å². The maximum Gasteiger partial charge on any atom is 0.259 e. The van der Waals surface area contributed by atoms with E-state index in [0.717, 1.165) is 0 Å². The average molecular weight is 181 g/mol. The van der Waals surface area contributed by atoms with Gasteiger partial charge in [0.2, 0.25) is 0 Å². The number of ether oxygens (including phenoxy) is 1. The number of rotatable bonds is 1. The van der Waals surface area contributed by atoms with Gasteiger partial charge in [0.25, 0.3) is 5.17 Å². The van der Waals surface area contributed by atoms with Crippen molar-refractivity contribution in [2.45, 2.75) is 13.8 Å². The van der Waals surface area contributed by atoms with Crippen LogP contribution in [-0.4, -0.2) is 5.17 Å². The number of hydrogen-bond donors (Lipinski definition) is 1. The summed E-state index contributed by atoms with van der Waals surface area (Å²) in [5, 5.41) is 0.0539. The van der Waals surface area contributed by atoms with E-state index in [-0.39, 0.29) is 5.17 Å². The second-order valence-corrected chi connectivity index (χ2v) is 3.07. The highest BCUT2D eigenvalue weighted by Gasteiger charge is 1.97. The molecule has 0 unspecified atom stereocenters. The van der Waals surface area contributed by atoms with Crippen molar-refractivity contribution in [3.63, 3.8) is 0 Å². The molecule has 0 saturated carbocycles. The molecule has 0 atom stereocenters. The molecule has 0 fully saturated rings. The topological polar surface area (TPSA) is 35.2 Å². The van der Waals surface area contributed by atoms with Gasteiger partial charge >= 0.3 is 0 Å². The largest absolute Gasteiger partial charge is 0.432 e. The first-order valence-corrected chi connectivity index (χ1v) is 4.05. The minimum atomic E-state index is 0.0539. The van der Waals surface area contributed by atoms with E-state index in [1.807, 2.05) is 32.0 Å². The molecule has 1 aromatic rings. The van der Waals surface area contributed by atoms with Crippen LogP contribution in [0.5, 0.6) is 5.75 Å². The number of nitrogens with two attached hydrogens (primary N) is 1. The molecule has 64 valence electrons. The molecule has 2 nitrogen and oxygen atoms in total. The summed E-state index contributed by atoms with van der Waals surface area (Å²) in [6.07, 6.45) is 0. The zero-order valence-electron chi connectivity index (χ0n) is 7.13. The van der Waals surface area contributed by atoms with Crippen LogP contribution in [-0.2, 0) is 0 Å². The Balaban J connectivity index is 2.89. The summed E-state index contributed by atoms with van der Waals surface area (Å²) in [6, 6.07) is 5.74. The Morgan fingerprint density at radius 3 is 2.50 bits per heavy atom. The summed E-state index contributed by atoms with van der Waals surface area (Å²) in [7, 11) is 0. The molecule has 0 amide bonds. The molecule has 0 radical (unpaired) electrons. The Labute approximate surface area is 77.3 Å². The maximum atomic E-state index is 5.22. The summed E-state index contributed by atoms with van der Waals surface area (Å²) >= 11 is 4.61. The fraction of sp³-hybridized carbons (Fsp3) is 0.222. The Hall–Kier alpha value is -1.09. The maximum absolute atomic E-state index is 5.22. The smallest absolute Gasteiger partial charge is 0.259 e. The third-order valence-electron chi connectivity index (χ3n) is 1.70. The molecule has 1 aromatic carbocycles. The number of benzene rings is 1. The first-order chi connectivity index (χ1) is 5.59. The Kier molecular flexibility index (Phi) is 2.65. The monoisotopic (exact) mass is 181 g/mol. The number of hydrogen-bond acceptors (Lipinski definition) is 2. The van der Waals surface area contributed by atoms with Gasteiger partial charge in [-0.1, -0.05) is 6.07 Å². The fourth-order valence-corrected chi connectivity index (χ4v) is 0.990. The minimum absolute atomic E-state index is 0.0539. The summed E-state index contributed by atoms with van der Waals surface area (Å²) in [4.78, 5) is 0. The minimum Gasteiger partial charge on any atom is -0.432 e. The summed E-state index contributed by atoms with van der Waals surface area (Å²) in [5.41, 5.74) is 7.62. The van der Waals surface area contributed by atoms with Gasteiger partial charge in [0.05, 0.1) is 0 Å². The van der Waals surface area contributed by atoms with E-state index in [0.29, 0.717) is 5.75 Å². The molecule has 0 spiro atoms. The van der Waals surface area contributed by atoms with Crippen molar-refractivity contribution >= 4 is 17.4 Å². The quantitative estimate of drug-likeness (QED) is 0.672. The van der Waals surface area contributed by atoms with Crippen molar-refractivity contribution in [2.24, 2.45) is 5.73 Å². The molecule has 0 saturated heterocycles. The summed E-state index contributed by atoms with van der Waals surface area (Å²) < 4.78 is 5.06. The summed E-state index contributed by atoms with van der Waals surface area (Å²) in [6.45, 7) is 4.06. The van der Waals surface area contributed by atoms with Crippen molar-refractivity contribution < 1.29 is 4.74 Å². The first-order valence-electron chi connectivity index (χ1n) is 3.64. The molecule has 0 aliphatic heterocycles. The second-order valence-electron chi connectivity index (χ2n) is 2.67. The predicted octanol–water partition coefficient (Wildman–Crippen LogP) is 1.93. The highest BCUT2D eigenvalue weighted by atomic mass is 32.1. The Morgan fingerprint density at radius 2 is 2.00 bits per heavy atom. The fourth-order valence-electron chi connectivity index (χ4n) is 0.894. The predicted molar refractivity (Wildman–Crippen MR) is 53.3 cm³/mol. The van der Waals surface area contributed by atoms with Gasteiger partial charge in [-0.2, -0.15) is 0 Å². The normalized spacial score (nSPS) is 9.50. The van der Waals surface area contributed by atoms with E-state index >= 15 is 0 Å². The standard InChI is InChI=1S/C9H11NOS/c1-6-3-4-8(5-7(6)2)11-9(10)12/h3-5H,1-2H3,(H2,10,12). The van der Waals surface area contributed by atoms with Gasteiger partial charge in [0, 0.05) is 0 Å². The SMILES string of the molecule is Cc1ccc(OC(N)=S)cc1C. The lowest BCUT2D eigenvalue weighted by molar-refractivity contribution is 0.556. The van der Waals surface area contributed by atoms with E-state index < -0.39 is 0 Å². The Bertz CT molecular complexity index is 309. The molecule has 0 bridgehead atoms. The van der Waals surface area contributed by atoms with Crippen LogP contribution in [0.25, 0.3) is 0 Å². The van der Waals surface area contributed by atoms with E-state index in [1.54, 1.807) is 0 Å². The number of thiocarbonyl (C=S) groups is 1. The first kappa shape index (κ1) is 9.00. The molecule has 1 rings (SSSR count). The van der Waals surface area contributed by atoms with Gasteiger partial charge in [-0.25, -0.2) is 0 Å². The average Bonchev–Trinajstić information content (AvgIpc) is 1.96. The van der Waals surface area contributed by atoms with Crippen LogP contribution in [0.2, 0.25) is 0 Å². The van der Waals surface area contributed by atoms with Crippen molar-refractivity contribution in [1.29, 1.82) is 0 Å². The highest BCUT2D eigenvalue weighted by molar-refractivity contribution is 7.80. The van der Waals surface area contributed by atoms with Gasteiger partial charge in [-0.05, 0) is 49.3 Å². The van der Waals surface area contributed by atoms with Crippen LogP contribution in [0.1, 0.15) is 11.1 Å². The van der Waals surface area contributed by atoms with Crippen molar-refractivity contribution in [2.75, 3.05) is 0 Å². The van der Waals surface area contributed by atoms with Gasteiger partial charge in [-0.15, -0.1) is 0 Å². The van der Waals surface area contributed by atoms with Crippen molar-refractivity contribution in [1.82, 2.24) is 0 Å². The van der Waals surface area contributed by atoms with Gasteiger partial charge in [-0.3, -0.25) is 0 Å². The van der Waals surface area contributed by atoms with Crippen LogP contribution in [0.3, 0.4) is 0 Å². The van der Waals surface area contributed by atoms with E-state index in [9.17, 15) is 0 Å². The van der Waals surface area contributed by atoms with Crippen LogP contribution < -0.4 is 10.5 Å². The molecule has 12 heavy (non-hydrogen) atoms. The van der Waals surface area contributed by atoms with Crippen LogP contribution >= 0.6 is 12.2 Å². The molecule has 0 aliphatic carbocycles. The van der Waals surface area contributed by atoms with E-state index in [1.165, 1.54) is 11.1 Å². The lowest BCUT2D eigenvalue weighted by Gasteiger charge is -2.04. The third-order valence-corrected chi connectivity index (χ3v) is 1.78. The van der Waals surface area contributed by atoms with Crippen molar-refractivity contribution in [3.8, 4) is 5.75 Å². The zero-order valence-corrected chi connectivity index (χ0v) is 7.94. The molecular formula is C9H11NOS. The number of aryl methyl sites for hydroxylation is 2. The van der Waals surface area contributed by atoms with E-state index in [2.05, 4.69) is 12.2 Å². The van der Waals surface area contributed by atoms with Crippen LogP contribution in [0.4, 0.5) is 0 Å². The van der Waals surface area contributed by atoms with Gasteiger partial charge in [0.1, 0.15) is 5.75 Å². The van der Waals surface area contributed by atoms with Gasteiger partial charge in [0.15, 0.2) is 0 Å². The van der Waals surface area contributed by atoms with Crippen LogP contribution in [0, 0.1) is 13.8 Å². The lowest BCUT2D eigenvalue weighted by Crippen LogP contribution is -2.15. The summed E-state index contributed by atoms with van der Waals surface area (Å²) in [5.74, 6) is 0.700. The lowest BCUT2D eigenvalue weighted by atomic mass is 10.1. The molecular weight excluding hydrogens is 170 g/mol. The molecule has 3 heteroatoms. The molecule has 0 heterocycles.